The number of nitrogens with zero attached hydrogens (tertiary/aromatic N) is 6. The topological polar surface area (TPSA) is 106 Å². The quantitative estimate of drug-likeness (QED) is 0.193. The molecule has 5 heterocycles. The summed E-state index contributed by atoms with van der Waals surface area (Å²) in [4.78, 5) is 2.69. The molecule has 0 radical (unpaired) electrons. The zero-order valence-corrected chi connectivity index (χ0v) is 25.6. The summed E-state index contributed by atoms with van der Waals surface area (Å²) in [5.41, 5.74) is 4.93. The zero-order valence-electron chi connectivity index (χ0n) is 23.3. The number of halogens is 2. The van der Waals surface area contributed by atoms with Gasteiger partial charge in [-0.05, 0) is 104 Å². The fourth-order valence-electron chi connectivity index (χ4n) is 7.98. The molecule has 43 heavy (non-hydrogen) atoms. The number of benzene rings is 2. The smallest absolute Gasteiger partial charge is 0.224 e. The van der Waals surface area contributed by atoms with Crippen molar-refractivity contribution >= 4 is 50.5 Å². The van der Waals surface area contributed by atoms with Crippen LogP contribution in [0.1, 0.15) is 68.6 Å². The molecule has 5 aromatic rings. The van der Waals surface area contributed by atoms with Crippen molar-refractivity contribution in [2.45, 2.75) is 82.1 Å². The van der Waals surface area contributed by atoms with Crippen LogP contribution in [0.15, 0.2) is 40.9 Å². The van der Waals surface area contributed by atoms with E-state index in [1.54, 1.807) is 0 Å². The fraction of sp³-hybridized carbons (Fsp3) is 0.452. The summed E-state index contributed by atoms with van der Waals surface area (Å²) in [5.74, 6) is 1.90. The van der Waals surface area contributed by atoms with Crippen LogP contribution in [-0.4, -0.2) is 48.3 Å². The van der Waals surface area contributed by atoms with Crippen molar-refractivity contribution in [3.63, 3.8) is 0 Å². The minimum Gasteiger partial charge on any atom is -0.373 e. The fourth-order valence-corrected chi connectivity index (χ4v) is 9.37. The Kier molecular flexibility index (Phi) is 6.12. The molecule has 4 fully saturated rings. The minimum absolute atomic E-state index is 0.250. The van der Waals surface area contributed by atoms with Crippen molar-refractivity contribution in [3.8, 4) is 22.8 Å². The summed E-state index contributed by atoms with van der Waals surface area (Å²) in [6.45, 7) is 0.479. The first-order valence-electron chi connectivity index (χ1n) is 15.0. The number of hydrogen-bond donors (Lipinski definition) is 1. The molecule has 2 atom stereocenters. The molecule has 2 unspecified atom stereocenters. The lowest BCUT2D eigenvalue weighted by molar-refractivity contribution is -0.103. The number of anilines is 1. The van der Waals surface area contributed by atoms with Gasteiger partial charge in [-0.15, -0.1) is 10.2 Å². The Balaban J connectivity index is 0.890. The Morgan fingerprint density at radius 2 is 1.79 bits per heavy atom. The van der Waals surface area contributed by atoms with Crippen LogP contribution in [0.25, 0.3) is 32.9 Å². The highest BCUT2D eigenvalue weighted by Crippen LogP contribution is 2.58. The van der Waals surface area contributed by atoms with Gasteiger partial charge in [-0.1, -0.05) is 34.4 Å². The molecule has 9 nitrogen and oxygen atoms in total. The lowest BCUT2D eigenvalue weighted by Crippen LogP contribution is -2.54. The van der Waals surface area contributed by atoms with Crippen molar-refractivity contribution in [2.24, 2.45) is 5.41 Å². The summed E-state index contributed by atoms with van der Waals surface area (Å²) >= 11 is 14.6. The number of aromatic nitrogens is 6. The molecule has 2 saturated carbocycles. The van der Waals surface area contributed by atoms with Gasteiger partial charge in [0.25, 0.3) is 0 Å². The lowest BCUT2D eigenvalue weighted by atomic mass is 9.59. The van der Waals surface area contributed by atoms with Gasteiger partial charge in [-0.2, -0.15) is 9.59 Å². The van der Waals surface area contributed by atoms with E-state index in [9.17, 15) is 0 Å². The molecular weight excluding hydrogens is 605 g/mol. The average Bonchev–Trinajstić information content (AvgIpc) is 3.29. The van der Waals surface area contributed by atoms with E-state index in [-0.39, 0.29) is 6.10 Å². The van der Waals surface area contributed by atoms with Crippen LogP contribution in [0, 0.1) is 5.41 Å². The Hall–Kier alpha value is -3.05. The SMILES string of the molecule is Clc1cccc(Cl)c1-c1noc(C2CC2)c1COC1CC2(C1)CC1CCC(C2)N1c1ccc2c(-c3nn[nH]n3)nsc2c1. The molecule has 2 bridgehead atoms. The van der Waals surface area contributed by atoms with Crippen LogP contribution in [0.4, 0.5) is 5.69 Å². The van der Waals surface area contributed by atoms with E-state index in [2.05, 4.69) is 53.3 Å². The molecular formula is C31H29Cl2N7O2S. The van der Waals surface area contributed by atoms with Crippen LogP contribution >= 0.6 is 34.7 Å². The molecule has 2 aliphatic carbocycles. The standard InChI is InChI=1S/C31H29Cl2N7O2S/c32-23-2-1-3-24(33)26(23)27-22(29(42-36-27)16-4-5-16)15-41-20-13-31(14-20)11-18-6-7-19(12-31)40(18)17-8-9-21-25(10-17)43-37-28(21)30-34-38-39-35-30/h1-3,8-10,16,18-20H,4-7,11-15H2,(H,34,35,38,39). The maximum atomic E-state index is 6.57. The largest absolute Gasteiger partial charge is 0.373 e. The number of ether oxygens (including phenoxy) is 1. The summed E-state index contributed by atoms with van der Waals surface area (Å²) in [6.07, 6.45) is 9.67. The number of hydrogen-bond acceptors (Lipinski definition) is 9. The van der Waals surface area contributed by atoms with Crippen molar-refractivity contribution in [1.29, 1.82) is 0 Å². The second kappa shape index (κ2) is 9.99. The number of aromatic amines is 1. The molecule has 12 heteroatoms. The van der Waals surface area contributed by atoms with E-state index in [1.807, 2.05) is 18.2 Å². The number of fused-ring (bicyclic) bond motifs is 3. The van der Waals surface area contributed by atoms with Crippen molar-refractivity contribution in [3.05, 3.63) is 57.8 Å². The van der Waals surface area contributed by atoms with E-state index in [4.69, 9.17) is 32.5 Å². The maximum absolute atomic E-state index is 6.57. The summed E-state index contributed by atoms with van der Waals surface area (Å²) in [5, 5.41) is 21.1. The van der Waals surface area contributed by atoms with E-state index in [0.717, 1.165) is 64.0 Å². The lowest BCUT2D eigenvalue weighted by Gasteiger charge is -2.55. The zero-order chi connectivity index (χ0) is 28.7. The molecule has 9 rings (SSSR count). The first-order valence-corrected chi connectivity index (χ1v) is 16.5. The third-order valence-corrected chi connectivity index (χ3v) is 11.5. The molecule has 1 spiro atoms. The number of H-pyrrole nitrogens is 1. The molecule has 0 amide bonds. The highest BCUT2D eigenvalue weighted by Gasteiger charge is 2.54. The van der Waals surface area contributed by atoms with E-state index in [0.29, 0.717) is 45.9 Å². The number of tetrazole rings is 1. The van der Waals surface area contributed by atoms with Crippen molar-refractivity contribution in [1.82, 2.24) is 30.2 Å². The summed E-state index contributed by atoms with van der Waals surface area (Å²) in [6, 6.07) is 13.4. The van der Waals surface area contributed by atoms with Gasteiger partial charge in [0, 0.05) is 40.2 Å². The van der Waals surface area contributed by atoms with Crippen LogP contribution in [0.2, 0.25) is 10.0 Å². The second-order valence-electron chi connectivity index (χ2n) is 12.7. The van der Waals surface area contributed by atoms with Gasteiger partial charge in [0.15, 0.2) is 0 Å². The Morgan fingerprint density at radius 1 is 1.00 bits per heavy atom. The van der Waals surface area contributed by atoms with Gasteiger partial charge < -0.3 is 14.2 Å². The summed E-state index contributed by atoms with van der Waals surface area (Å²) < 4.78 is 18.2. The highest BCUT2D eigenvalue weighted by atomic mass is 35.5. The monoisotopic (exact) mass is 633 g/mol. The first-order chi connectivity index (χ1) is 21.1. The minimum atomic E-state index is 0.250. The van der Waals surface area contributed by atoms with Crippen LogP contribution in [0.5, 0.6) is 0 Å². The predicted octanol–water partition coefficient (Wildman–Crippen LogP) is 7.81. The molecule has 1 N–H and O–H groups in total. The molecule has 2 aliphatic heterocycles. The average molecular weight is 635 g/mol. The molecule has 220 valence electrons. The molecule has 2 saturated heterocycles. The van der Waals surface area contributed by atoms with Gasteiger partial charge in [0.1, 0.15) is 17.1 Å². The second-order valence-corrected chi connectivity index (χ2v) is 14.4. The van der Waals surface area contributed by atoms with E-state index < -0.39 is 0 Å². The van der Waals surface area contributed by atoms with Gasteiger partial charge in [-0.25, -0.2) is 0 Å². The predicted molar refractivity (Wildman–Crippen MR) is 165 cm³/mol. The van der Waals surface area contributed by atoms with E-state index >= 15 is 0 Å². The van der Waals surface area contributed by atoms with Gasteiger partial charge in [0.2, 0.25) is 5.82 Å². The summed E-state index contributed by atoms with van der Waals surface area (Å²) in [7, 11) is 0. The third kappa shape index (κ3) is 4.40. The Morgan fingerprint density at radius 3 is 2.51 bits per heavy atom. The van der Waals surface area contributed by atoms with E-state index in [1.165, 1.54) is 42.9 Å². The Bertz CT molecular complexity index is 1790. The van der Waals surface area contributed by atoms with Gasteiger partial charge in [0.05, 0.1) is 27.5 Å². The molecule has 2 aromatic carbocycles. The number of nitrogens with one attached hydrogen (secondary N) is 1. The van der Waals surface area contributed by atoms with Gasteiger partial charge >= 0.3 is 0 Å². The van der Waals surface area contributed by atoms with Crippen LogP contribution < -0.4 is 4.90 Å². The van der Waals surface area contributed by atoms with Crippen LogP contribution in [-0.2, 0) is 11.3 Å². The van der Waals surface area contributed by atoms with Crippen LogP contribution in [0.3, 0.4) is 0 Å². The van der Waals surface area contributed by atoms with Gasteiger partial charge in [-0.3, -0.25) is 0 Å². The number of piperidine rings is 1. The molecule has 4 aliphatic rings. The van der Waals surface area contributed by atoms with Crippen molar-refractivity contribution in [2.75, 3.05) is 4.90 Å². The number of rotatable bonds is 7. The maximum Gasteiger partial charge on any atom is 0.224 e. The van der Waals surface area contributed by atoms with Crippen molar-refractivity contribution < 1.29 is 9.26 Å². The normalized spacial score (nSPS) is 26.5. The highest BCUT2D eigenvalue weighted by molar-refractivity contribution is 7.13. The Labute approximate surface area is 262 Å². The first kappa shape index (κ1) is 26.4. The third-order valence-electron chi connectivity index (χ3n) is 10.0. The molecule has 3 aromatic heterocycles.